The van der Waals surface area contributed by atoms with E-state index in [4.69, 9.17) is 14.9 Å². The summed E-state index contributed by atoms with van der Waals surface area (Å²) in [4.78, 5) is 9.18. The fourth-order valence-electron chi connectivity index (χ4n) is 4.05. The molecule has 6 nitrogen and oxygen atoms in total. The molecule has 0 bridgehead atoms. The van der Waals surface area contributed by atoms with Gasteiger partial charge in [0.1, 0.15) is 17.9 Å². The van der Waals surface area contributed by atoms with Gasteiger partial charge >= 0.3 is 6.18 Å². The van der Waals surface area contributed by atoms with E-state index in [0.717, 1.165) is 45.4 Å². The van der Waals surface area contributed by atoms with E-state index < -0.39 is 12.7 Å². The minimum atomic E-state index is -4.29. The minimum absolute atomic E-state index is 0.0207. The minimum Gasteiger partial charge on any atom is -0.488 e. The number of ether oxygens (including phenoxy) is 2. The molecular weight excluding hydrogens is 509 g/mol. The summed E-state index contributed by atoms with van der Waals surface area (Å²) in [5, 5.41) is 3.29. The summed E-state index contributed by atoms with van der Waals surface area (Å²) < 4.78 is 54.2. The number of fused-ring (bicyclic) bond motifs is 1. The SMILES string of the molecule is CCOC=O.CCc1ccccc1OCc1coc2c(CNCC(F)(F)F)cc(-c3cccc(CN)c3)cc12. The van der Waals surface area contributed by atoms with Crippen LogP contribution >= 0.6 is 0 Å². The van der Waals surface area contributed by atoms with Gasteiger partial charge in [-0.25, -0.2) is 0 Å². The monoisotopic (exact) mass is 542 g/mol. The van der Waals surface area contributed by atoms with Crippen LogP contribution in [0.25, 0.3) is 22.1 Å². The zero-order valence-electron chi connectivity index (χ0n) is 22.0. The number of para-hydroxylation sites is 1. The van der Waals surface area contributed by atoms with Gasteiger partial charge < -0.3 is 24.9 Å². The third-order valence-electron chi connectivity index (χ3n) is 5.94. The number of alkyl halides is 3. The first kappa shape index (κ1) is 29.7. The fourth-order valence-corrected chi connectivity index (χ4v) is 4.05. The Hall–Kier alpha value is -3.82. The van der Waals surface area contributed by atoms with Gasteiger partial charge in [-0.15, -0.1) is 0 Å². The van der Waals surface area contributed by atoms with Gasteiger partial charge in [0.2, 0.25) is 0 Å². The Morgan fingerprint density at radius 2 is 1.77 bits per heavy atom. The number of halogens is 3. The highest BCUT2D eigenvalue weighted by Gasteiger charge is 2.26. The second-order valence-electron chi connectivity index (χ2n) is 8.70. The van der Waals surface area contributed by atoms with Crippen molar-refractivity contribution in [3.63, 3.8) is 0 Å². The smallest absolute Gasteiger partial charge is 0.401 e. The fraction of sp³-hybridized carbons (Fsp3) is 0.300. The Morgan fingerprint density at radius 3 is 2.44 bits per heavy atom. The Balaban J connectivity index is 0.000000771. The molecule has 0 atom stereocenters. The predicted octanol–water partition coefficient (Wildman–Crippen LogP) is 6.53. The van der Waals surface area contributed by atoms with E-state index in [1.54, 1.807) is 13.2 Å². The number of furan rings is 1. The first-order valence-corrected chi connectivity index (χ1v) is 12.6. The number of benzene rings is 3. The van der Waals surface area contributed by atoms with Crippen molar-refractivity contribution in [1.82, 2.24) is 5.32 Å². The molecule has 39 heavy (non-hydrogen) atoms. The number of carbonyl (C=O) groups excluding carboxylic acids is 1. The molecule has 0 radical (unpaired) electrons. The molecule has 0 aliphatic carbocycles. The van der Waals surface area contributed by atoms with Crippen molar-refractivity contribution in [2.45, 2.75) is 46.1 Å². The first-order chi connectivity index (χ1) is 18.8. The topological polar surface area (TPSA) is 86.7 Å². The number of nitrogens with one attached hydrogen (secondary N) is 1. The van der Waals surface area contributed by atoms with Gasteiger partial charge in [0.15, 0.2) is 0 Å². The molecule has 0 amide bonds. The van der Waals surface area contributed by atoms with E-state index in [2.05, 4.69) is 17.0 Å². The van der Waals surface area contributed by atoms with Gasteiger partial charge in [-0.2, -0.15) is 13.2 Å². The van der Waals surface area contributed by atoms with Crippen LogP contribution in [0.5, 0.6) is 5.75 Å². The van der Waals surface area contributed by atoms with Crippen LogP contribution in [0.1, 0.15) is 36.1 Å². The zero-order chi connectivity index (χ0) is 28.3. The molecule has 0 saturated carbocycles. The molecule has 208 valence electrons. The van der Waals surface area contributed by atoms with Crippen LogP contribution in [0.4, 0.5) is 13.2 Å². The van der Waals surface area contributed by atoms with Crippen LogP contribution in [-0.2, 0) is 35.6 Å². The highest BCUT2D eigenvalue weighted by molar-refractivity contribution is 5.89. The highest BCUT2D eigenvalue weighted by Crippen LogP contribution is 2.33. The van der Waals surface area contributed by atoms with Crippen LogP contribution in [0.3, 0.4) is 0 Å². The molecule has 1 heterocycles. The average molecular weight is 543 g/mol. The summed E-state index contributed by atoms with van der Waals surface area (Å²) in [6.07, 6.45) is -1.83. The molecule has 4 aromatic rings. The molecule has 4 rings (SSSR count). The summed E-state index contributed by atoms with van der Waals surface area (Å²) in [6.45, 7) is 4.36. The van der Waals surface area contributed by atoms with Gasteiger partial charge in [-0.05, 0) is 59.9 Å². The van der Waals surface area contributed by atoms with Gasteiger partial charge in [0.05, 0.1) is 19.4 Å². The maximum absolute atomic E-state index is 12.7. The van der Waals surface area contributed by atoms with Crippen molar-refractivity contribution in [3.05, 3.63) is 89.2 Å². The van der Waals surface area contributed by atoms with Crippen LogP contribution in [0.15, 0.2) is 71.3 Å². The van der Waals surface area contributed by atoms with E-state index >= 15 is 0 Å². The molecule has 3 aromatic carbocycles. The average Bonchev–Trinajstić information content (AvgIpc) is 3.35. The molecule has 0 saturated heterocycles. The van der Waals surface area contributed by atoms with Crippen LogP contribution in [0, 0.1) is 0 Å². The molecule has 9 heteroatoms. The Labute approximate surface area is 225 Å². The Morgan fingerprint density at radius 1 is 0.974 bits per heavy atom. The third kappa shape index (κ3) is 8.59. The Kier molecular flexibility index (Phi) is 11.0. The third-order valence-corrected chi connectivity index (χ3v) is 5.94. The first-order valence-electron chi connectivity index (χ1n) is 12.6. The molecule has 0 unspecified atom stereocenters. The van der Waals surface area contributed by atoms with Gasteiger partial charge in [-0.1, -0.05) is 43.3 Å². The van der Waals surface area contributed by atoms with Crippen molar-refractivity contribution < 1.29 is 31.9 Å². The highest BCUT2D eigenvalue weighted by atomic mass is 19.4. The second-order valence-corrected chi connectivity index (χ2v) is 8.70. The van der Waals surface area contributed by atoms with E-state index in [1.165, 1.54) is 0 Å². The zero-order valence-corrected chi connectivity index (χ0v) is 22.0. The lowest BCUT2D eigenvalue weighted by Gasteiger charge is -2.12. The molecule has 0 aliphatic rings. The summed E-state index contributed by atoms with van der Waals surface area (Å²) in [5.41, 5.74) is 11.7. The summed E-state index contributed by atoms with van der Waals surface area (Å²) in [5.74, 6) is 0.804. The lowest BCUT2D eigenvalue weighted by atomic mass is 9.98. The summed E-state index contributed by atoms with van der Waals surface area (Å²) in [7, 11) is 0. The normalized spacial score (nSPS) is 11.1. The van der Waals surface area contributed by atoms with E-state index in [0.29, 0.717) is 30.8 Å². The van der Waals surface area contributed by atoms with Crippen molar-refractivity contribution in [1.29, 1.82) is 0 Å². The Bertz CT molecular complexity index is 1350. The summed E-state index contributed by atoms with van der Waals surface area (Å²) >= 11 is 0. The number of nitrogens with two attached hydrogens (primary N) is 1. The van der Waals surface area contributed by atoms with Gasteiger partial charge in [0.25, 0.3) is 6.47 Å². The van der Waals surface area contributed by atoms with Crippen molar-refractivity contribution >= 4 is 17.4 Å². The molecule has 0 spiro atoms. The number of rotatable bonds is 11. The van der Waals surface area contributed by atoms with Crippen molar-refractivity contribution in [2.75, 3.05) is 13.2 Å². The lowest BCUT2D eigenvalue weighted by Crippen LogP contribution is -2.28. The van der Waals surface area contributed by atoms with E-state index in [-0.39, 0.29) is 13.2 Å². The number of aryl methyl sites for hydroxylation is 1. The molecule has 3 N–H and O–H groups in total. The quantitative estimate of drug-likeness (QED) is 0.210. The number of carbonyl (C=O) groups is 1. The van der Waals surface area contributed by atoms with Crippen molar-refractivity contribution in [3.8, 4) is 16.9 Å². The number of hydrogen-bond donors (Lipinski definition) is 2. The van der Waals surface area contributed by atoms with Gasteiger partial charge in [-0.3, -0.25) is 4.79 Å². The van der Waals surface area contributed by atoms with Crippen LogP contribution in [-0.4, -0.2) is 25.8 Å². The van der Waals surface area contributed by atoms with Crippen molar-refractivity contribution in [2.24, 2.45) is 5.73 Å². The van der Waals surface area contributed by atoms with Gasteiger partial charge in [0, 0.05) is 29.6 Å². The molecule has 0 aliphatic heterocycles. The second kappa shape index (κ2) is 14.4. The maximum Gasteiger partial charge on any atom is 0.401 e. The molecular formula is C30H33F3N2O4. The van der Waals surface area contributed by atoms with E-state index in [1.807, 2.05) is 60.7 Å². The molecule has 0 fully saturated rings. The largest absolute Gasteiger partial charge is 0.488 e. The van der Waals surface area contributed by atoms with E-state index in [9.17, 15) is 18.0 Å². The van der Waals surface area contributed by atoms with Crippen LogP contribution in [0.2, 0.25) is 0 Å². The standard InChI is InChI=1S/C27H27F3N2O2.C3H6O2/c1-2-19-7-3-4-9-25(19)33-15-23-16-34-26-22(14-32-17-27(28,29)30)11-21(12-24(23)26)20-8-5-6-18(10-20)13-31;1-2-5-3-4/h3-12,16,32H,2,13-15,17,31H2,1H3;3H,2H2,1H3. The van der Waals surface area contributed by atoms with Crippen LogP contribution < -0.4 is 15.8 Å². The summed E-state index contributed by atoms with van der Waals surface area (Å²) in [6, 6.07) is 19.5. The maximum atomic E-state index is 12.7. The molecule has 1 aromatic heterocycles. The predicted molar refractivity (Wildman–Crippen MR) is 145 cm³/mol. The number of hydrogen-bond acceptors (Lipinski definition) is 6. The lowest BCUT2D eigenvalue weighted by molar-refractivity contribution is -0.128.